The lowest BCUT2D eigenvalue weighted by atomic mass is 9.97. The Kier molecular flexibility index (Phi) is 6.01. The summed E-state index contributed by atoms with van der Waals surface area (Å²) in [4.78, 5) is 17.7. The van der Waals surface area contributed by atoms with E-state index in [-0.39, 0.29) is 5.92 Å². The van der Waals surface area contributed by atoms with Crippen molar-refractivity contribution in [3.05, 3.63) is 59.8 Å². The van der Waals surface area contributed by atoms with Gasteiger partial charge < -0.3 is 9.84 Å². The molecule has 1 aliphatic rings. The number of rotatable bonds is 7. The van der Waals surface area contributed by atoms with Gasteiger partial charge in [0, 0.05) is 25.2 Å². The number of hydrogen-bond donors (Lipinski definition) is 1. The number of likely N-dealkylation sites (tertiary alicyclic amines) is 1. The van der Waals surface area contributed by atoms with Crippen LogP contribution in [0.2, 0.25) is 0 Å². The number of pyridine rings is 1. The number of aliphatic carboxylic acids is 1. The fraction of sp³-hybridized carbons (Fsp3) is 0.400. The standard InChI is InChI=1S/C20H24N2O3/c23-20(24)18-8-11-22(12-9-18)15-17-6-7-19(21-14-17)25-13-10-16-4-2-1-3-5-16/h1-7,14,18H,8-13,15H2,(H,23,24). The number of nitrogens with zero attached hydrogens (tertiary/aromatic N) is 2. The van der Waals surface area contributed by atoms with Gasteiger partial charge in [-0.1, -0.05) is 36.4 Å². The molecule has 2 heterocycles. The van der Waals surface area contributed by atoms with Crippen LogP contribution in [0, 0.1) is 5.92 Å². The molecule has 1 aromatic carbocycles. The molecule has 25 heavy (non-hydrogen) atoms. The molecule has 132 valence electrons. The van der Waals surface area contributed by atoms with Crippen molar-refractivity contribution in [2.45, 2.75) is 25.8 Å². The van der Waals surface area contributed by atoms with E-state index < -0.39 is 5.97 Å². The largest absolute Gasteiger partial charge is 0.481 e. The molecule has 2 aromatic rings. The summed E-state index contributed by atoms with van der Waals surface area (Å²) in [6.45, 7) is 3.07. The third-order valence-electron chi connectivity index (χ3n) is 4.62. The molecular formula is C20H24N2O3. The van der Waals surface area contributed by atoms with Crippen LogP contribution < -0.4 is 4.74 Å². The van der Waals surface area contributed by atoms with Crippen molar-refractivity contribution >= 4 is 5.97 Å². The van der Waals surface area contributed by atoms with Gasteiger partial charge in [0.2, 0.25) is 5.88 Å². The number of piperidine rings is 1. The maximum Gasteiger partial charge on any atom is 0.306 e. The van der Waals surface area contributed by atoms with Crippen LogP contribution >= 0.6 is 0 Å². The average molecular weight is 340 g/mol. The second-order valence-corrected chi connectivity index (χ2v) is 6.48. The lowest BCUT2D eigenvalue weighted by Crippen LogP contribution is -2.35. The normalized spacial score (nSPS) is 15.8. The summed E-state index contributed by atoms with van der Waals surface area (Å²) >= 11 is 0. The Morgan fingerprint density at radius 3 is 2.52 bits per heavy atom. The Balaban J connectivity index is 1.42. The van der Waals surface area contributed by atoms with Gasteiger partial charge in [-0.2, -0.15) is 0 Å². The number of hydrogen-bond acceptors (Lipinski definition) is 4. The van der Waals surface area contributed by atoms with Crippen molar-refractivity contribution in [2.75, 3.05) is 19.7 Å². The van der Waals surface area contributed by atoms with E-state index in [4.69, 9.17) is 9.84 Å². The molecule has 0 radical (unpaired) electrons. The quantitative estimate of drug-likeness (QED) is 0.839. The maximum atomic E-state index is 11.0. The van der Waals surface area contributed by atoms with Gasteiger partial charge in [-0.25, -0.2) is 4.98 Å². The minimum absolute atomic E-state index is 0.185. The van der Waals surface area contributed by atoms with Gasteiger partial charge in [-0.3, -0.25) is 9.69 Å². The topological polar surface area (TPSA) is 62.7 Å². The van der Waals surface area contributed by atoms with Crippen molar-refractivity contribution in [2.24, 2.45) is 5.92 Å². The summed E-state index contributed by atoms with van der Waals surface area (Å²) in [6, 6.07) is 14.2. The third-order valence-corrected chi connectivity index (χ3v) is 4.62. The van der Waals surface area contributed by atoms with Gasteiger partial charge in [0.15, 0.2) is 0 Å². The first kappa shape index (κ1) is 17.4. The van der Waals surface area contributed by atoms with Gasteiger partial charge in [0.1, 0.15) is 0 Å². The van der Waals surface area contributed by atoms with Crippen molar-refractivity contribution in [3.8, 4) is 5.88 Å². The molecular weight excluding hydrogens is 316 g/mol. The molecule has 3 rings (SSSR count). The number of benzene rings is 1. The highest BCUT2D eigenvalue weighted by molar-refractivity contribution is 5.70. The van der Waals surface area contributed by atoms with E-state index in [1.807, 2.05) is 36.5 Å². The van der Waals surface area contributed by atoms with Crippen LogP contribution in [0.5, 0.6) is 5.88 Å². The molecule has 0 amide bonds. The molecule has 0 bridgehead atoms. The Labute approximate surface area is 148 Å². The van der Waals surface area contributed by atoms with Crippen LogP contribution in [0.3, 0.4) is 0 Å². The van der Waals surface area contributed by atoms with Gasteiger partial charge in [0.05, 0.1) is 12.5 Å². The molecule has 1 saturated heterocycles. The summed E-state index contributed by atoms with van der Waals surface area (Å²) in [5.41, 5.74) is 2.38. The minimum Gasteiger partial charge on any atom is -0.481 e. The summed E-state index contributed by atoms with van der Waals surface area (Å²) in [6.07, 6.45) is 4.16. The molecule has 0 aliphatic carbocycles. The second-order valence-electron chi connectivity index (χ2n) is 6.48. The van der Waals surface area contributed by atoms with Crippen LogP contribution in [0.1, 0.15) is 24.0 Å². The van der Waals surface area contributed by atoms with E-state index in [9.17, 15) is 4.79 Å². The molecule has 0 unspecified atom stereocenters. The van der Waals surface area contributed by atoms with Crippen LogP contribution in [0.15, 0.2) is 48.7 Å². The van der Waals surface area contributed by atoms with E-state index in [1.54, 1.807) is 0 Å². The van der Waals surface area contributed by atoms with E-state index in [0.717, 1.165) is 44.5 Å². The van der Waals surface area contributed by atoms with Gasteiger partial charge in [-0.15, -0.1) is 0 Å². The number of carboxylic acid groups (broad SMARTS) is 1. The summed E-state index contributed by atoms with van der Waals surface area (Å²) < 4.78 is 5.71. The Bertz CT molecular complexity index is 665. The minimum atomic E-state index is -0.668. The van der Waals surface area contributed by atoms with Crippen molar-refractivity contribution < 1.29 is 14.6 Å². The van der Waals surface area contributed by atoms with Crippen LogP contribution in [-0.4, -0.2) is 40.7 Å². The molecule has 1 fully saturated rings. The molecule has 1 aromatic heterocycles. The molecule has 1 N–H and O–H groups in total. The number of carbonyl (C=O) groups is 1. The smallest absolute Gasteiger partial charge is 0.306 e. The number of carboxylic acids is 1. The van der Waals surface area contributed by atoms with Gasteiger partial charge in [0.25, 0.3) is 0 Å². The fourth-order valence-corrected chi connectivity index (χ4v) is 3.10. The van der Waals surface area contributed by atoms with E-state index >= 15 is 0 Å². The van der Waals surface area contributed by atoms with Crippen LogP contribution in [-0.2, 0) is 17.8 Å². The summed E-state index contributed by atoms with van der Waals surface area (Å²) in [5, 5.41) is 9.05. The highest BCUT2D eigenvalue weighted by Crippen LogP contribution is 2.19. The fourth-order valence-electron chi connectivity index (χ4n) is 3.10. The molecule has 0 spiro atoms. The maximum absolute atomic E-state index is 11.0. The lowest BCUT2D eigenvalue weighted by Gasteiger charge is -2.29. The highest BCUT2D eigenvalue weighted by Gasteiger charge is 2.24. The van der Waals surface area contributed by atoms with Gasteiger partial charge in [-0.05, 0) is 37.1 Å². The van der Waals surface area contributed by atoms with Crippen molar-refractivity contribution in [1.82, 2.24) is 9.88 Å². The predicted molar refractivity (Wildman–Crippen MR) is 95.5 cm³/mol. The van der Waals surface area contributed by atoms with Gasteiger partial charge >= 0.3 is 5.97 Å². The monoisotopic (exact) mass is 340 g/mol. The SMILES string of the molecule is O=C(O)C1CCN(Cc2ccc(OCCc3ccccc3)nc2)CC1. The lowest BCUT2D eigenvalue weighted by molar-refractivity contribution is -0.143. The number of ether oxygens (including phenoxy) is 1. The zero-order valence-corrected chi connectivity index (χ0v) is 14.3. The van der Waals surface area contributed by atoms with Crippen LogP contribution in [0.4, 0.5) is 0 Å². The zero-order valence-electron chi connectivity index (χ0n) is 14.3. The highest BCUT2D eigenvalue weighted by atomic mass is 16.5. The third kappa shape index (κ3) is 5.29. The molecule has 0 atom stereocenters. The number of aromatic nitrogens is 1. The molecule has 5 heteroatoms. The predicted octanol–water partition coefficient (Wildman–Crippen LogP) is 3.00. The first-order valence-electron chi connectivity index (χ1n) is 8.77. The molecule has 1 aliphatic heterocycles. The van der Waals surface area contributed by atoms with E-state index in [0.29, 0.717) is 12.5 Å². The first-order chi connectivity index (χ1) is 12.2. The first-order valence-corrected chi connectivity index (χ1v) is 8.77. The van der Waals surface area contributed by atoms with E-state index in [2.05, 4.69) is 22.0 Å². The Hall–Kier alpha value is -2.40. The van der Waals surface area contributed by atoms with E-state index in [1.165, 1.54) is 5.56 Å². The summed E-state index contributed by atoms with van der Waals surface area (Å²) in [5.74, 6) is -0.211. The Morgan fingerprint density at radius 1 is 1.12 bits per heavy atom. The Morgan fingerprint density at radius 2 is 1.88 bits per heavy atom. The zero-order chi connectivity index (χ0) is 17.5. The average Bonchev–Trinajstić information content (AvgIpc) is 2.64. The van der Waals surface area contributed by atoms with Crippen LogP contribution in [0.25, 0.3) is 0 Å². The summed E-state index contributed by atoms with van der Waals surface area (Å²) in [7, 11) is 0. The molecule has 0 saturated carbocycles. The van der Waals surface area contributed by atoms with Crippen molar-refractivity contribution in [1.29, 1.82) is 0 Å². The second kappa shape index (κ2) is 8.62. The van der Waals surface area contributed by atoms with Crippen molar-refractivity contribution in [3.63, 3.8) is 0 Å². The molecule has 5 nitrogen and oxygen atoms in total.